The highest BCUT2D eigenvalue weighted by Gasteiger charge is 2.22. The number of nitrogens with zero attached hydrogens (tertiary/aromatic N) is 2. The van der Waals surface area contributed by atoms with Gasteiger partial charge in [-0.05, 0) is 35.9 Å². The number of benzene rings is 3. The molecule has 5 nitrogen and oxygen atoms in total. The van der Waals surface area contributed by atoms with Crippen LogP contribution in [-0.4, -0.2) is 29.4 Å². The number of hydrogen-bond donors (Lipinski definition) is 1. The first-order chi connectivity index (χ1) is 15.2. The van der Waals surface area contributed by atoms with Crippen LogP contribution in [0.15, 0.2) is 66.9 Å². The van der Waals surface area contributed by atoms with Crippen molar-refractivity contribution in [1.29, 1.82) is 0 Å². The Balaban J connectivity index is 1.90. The highest BCUT2D eigenvalue weighted by molar-refractivity contribution is 6.13. The lowest BCUT2D eigenvalue weighted by Crippen LogP contribution is -2.01. The van der Waals surface area contributed by atoms with Crippen LogP contribution in [0.1, 0.15) is 11.1 Å². The van der Waals surface area contributed by atoms with Crippen LogP contribution in [0.5, 0.6) is 11.5 Å². The van der Waals surface area contributed by atoms with E-state index in [1.54, 1.807) is 32.5 Å². The predicted octanol–water partition coefficient (Wildman–Crippen LogP) is 5.53. The largest absolute Gasteiger partial charge is 0.493 e. The van der Waals surface area contributed by atoms with Crippen molar-refractivity contribution >= 4 is 21.8 Å². The molecule has 0 aliphatic carbocycles. The van der Waals surface area contributed by atoms with Crippen LogP contribution in [-0.2, 0) is 6.42 Å². The number of methoxy groups -OCH3 is 2. The van der Waals surface area contributed by atoms with E-state index in [1.165, 1.54) is 12.1 Å². The van der Waals surface area contributed by atoms with Gasteiger partial charge in [0.25, 0.3) is 0 Å². The molecule has 0 amide bonds. The lowest BCUT2D eigenvalue weighted by Gasteiger charge is -2.18. The zero-order chi connectivity index (χ0) is 21.4. The second kappa shape index (κ2) is 7.72. The number of halogens is 1. The molecule has 0 saturated carbocycles. The number of aromatic nitrogens is 3. The first-order valence-electron chi connectivity index (χ1n) is 9.90. The number of ether oxygens (including phenoxy) is 2. The molecule has 0 fully saturated rings. The van der Waals surface area contributed by atoms with E-state index < -0.39 is 0 Å². The number of hydrogen-bond acceptors (Lipinski definition) is 4. The van der Waals surface area contributed by atoms with Crippen molar-refractivity contribution in [1.82, 2.24) is 15.2 Å². The van der Waals surface area contributed by atoms with Crippen molar-refractivity contribution in [3.05, 3.63) is 83.8 Å². The SMILES string of the molecule is COc1cc2c(-c3ccc(F)cc3)nc3[nH]ncc3c2c(Cc2ccccc2)c1OC. The summed E-state index contributed by atoms with van der Waals surface area (Å²) in [5.41, 5.74) is 4.32. The molecule has 0 bridgehead atoms. The molecule has 2 heterocycles. The molecule has 154 valence electrons. The van der Waals surface area contributed by atoms with Crippen LogP contribution in [0.3, 0.4) is 0 Å². The summed E-state index contributed by atoms with van der Waals surface area (Å²) in [6, 6.07) is 18.5. The standard InChI is InChI=1S/C25H20FN3O2/c1-30-21-13-18-22(19(24(21)31-2)12-15-6-4-3-5-7-15)20-14-27-29-25(20)28-23(18)16-8-10-17(26)11-9-16/h3-11,13-14H,12H2,1-2H3,(H,27,28,29). The molecule has 31 heavy (non-hydrogen) atoms. The van der Waals surface area contributed by atoms with E-state index in [-0.39, 0.29) is 5.82 Å². The smallest absolute Gasteiger partial charge is 0.164 e. The summed E-state index contributed by atoms with van der Waals surface area (Å²) >= 11 is 0. The minimum absolute atomic E-state index is 0.292. The van der Waals surface area contributed by atoms with Gasteiger partial charge in [-0.2, -0.15) is 5.10 Å². The second-order valence-electron chi connectivity index (χ2n) is 7.28. The average molecular weight is 413 g/mol. The molecule has 3 aromatic carbocycles. The number of nitrogens with one attached hydrogen (secondary N) is 1. The Labute approximate surface area is 178 Å². The topological polar surface area (TPSA) is 60.0 Å². The van der Waals surface area contributed by atoms with E-state index in [4.69, 9.17) is 14.5 Å². The van der Waals surface area contributed by atoms with Gasteiger partial charge in [-0.1, -0.05) is 30.3 Å². The minimum Gasteiger partial charge on any atom is -0.493 e. The highest BCUT2D eigenvalue weighted by Crippen LogP contribution is 2.44. The molecule has 0 spiro atoms. The Hall–Kier alpha value is -3.93. The van der Waals surface area contributed by atoms with Crippen LogP contribution < -0.4 is 9.47 Å². The molecule has 0 aliphatic rings. The Kier molecular flexibility index (Phi) is 4.75. The maximum Gasteiger partial charge on any atom is 0.164 e. The average Bonchev–Trinajstić information content (AvgIpc) is 3.28. The normalized spacial score (nSPS) is 11.2. The molecule has 5 rings (SSSR count). The summed E-state index contributed by atoms with van der Waals surface area (Å²) in [4.78, 5) is 4.81. The van der Waals surface area contributed by atoms with Crippen LogP contribution in [0.25, 0.3) is 33.1 Å². The van der Waals surface area contributed by atoms with Crippen LogP contribution in [0.2, 0.25) is 0 Å². The maximum absolute atomic E-state index is 13.6. The molecule has 0 saturated heterocycles. The fourth-order valence-corrected chi connectivity index (χ4v) is 4.08. The van der Waals surface area contributed by atoms with Crippen LogP contribution >= 0.6 is 0 Å². The summed E-state index contributed by atoms with van der Waals surface area (Å²) in [6.45, 7) is 0. The van der Waals surface area contributed by atoms with Gasteiger partial charge in [-0.25, -0.2) is 9.37 Å². The Morgan fingerprint density at radius 3 is 2.42 bits per heavy atom. The number of rotatable bonds is 5. The summed E-state index contributed by atoms with van der Waals surface area (Å²) in [6.07, 6.45) is 2.42. The molecular weight excluding hydrogens is 393 g/mol. The molecular formula is C25H20FN3O2. The number of pyridine rings is 1. The van der Waals surface area contributed by atoms with Gasteiger partial charge in [0.2, 0.25) is 0 Å². The highest BCUT2D eigenvalue weighted by atomic mass is 19.1. The molecule has 0 radical (unpaired) electrons. The Morgan fingerprint density at radius 1 is 0.935 bits per heavy atom. The molecule has 0 aliphatic heterocycles. The first kappa shape index (κ1) is 19.1. The predicted molar refractivity (Wildman–Crippen MR) is 119 cm³/mol. The summed E-state index contributed by atoms with van der Waals surface area (Å²) in [5, 5.41) is 9.98. The van der Waals surface area contributed by atoms with Gasteiger partial charge in [0.15, 0.2) is 17.1 Å². The van der Waals surface area contributed by atoms with Crippen LogP contribution in [0, 0.1) is 5.82 Å². The zero-order valence-electron chi connectivity index (χ0n) is 17.1. The minimum atomic E-state index is -0.292. The van der Waals surface area contributed by atoms with Gasteiger partial charge in [0, 0.05) is 33.7 Å². The Bertz CT molecular complexity index is 1380. The Morgan fingerprint density at radius 2 is 1.71 bits per heavy atom. The van der Waals surface area contributed by atoms with Gasteiger partial charge in [0.1, 0.15) is 5.82 Å². The summed E-state index contributed by atoms with van der Waals surface area (Å²) in [5.74, 6) is 1.01. The second-order valence-corrected chi connectivity index (χ2v) is 7.28. The van der Waals surface area contributed by atoms with E-state index in [9.17, 15) is 4.39 Å². The zero-order valence-corrected chi connectivity index (χ0v) is 17.1. The van der Waals surface area contributed by atoms with E-state index in [0.29, 0.717) is 23.6 Å². The summed E-state index contributed by atoms with van der Waals surface area (Å²) < 4.78 is 25.1. The van der Waals surface area contributed by atoms with Crippen molar-refractivity contribution in [2.45, 2.75) is 6.42 Å². The lowest BCUT2D eigenvalue weighted by atomic mass is 9.93. The molecule has 5 aromatic rings. The number of fused-ring (bicyclic) bond motifs is 3. The van der Waals surface area contributed by atoms with Crippen molar-refractivity contribution in [3.63, 3.8) is 0 Å². The van der Waals surface area contributed by atoms with Gasteiger partial charge in [0.05, 0.1) is 26.1 Å². The van der Waals surface area contributed by atoms with Gasteiger partial charge < -0.3 is 9.47 Å². The third kappa shape index (κ3) is 3.26. The molecule has 6 heteroatoms. The van der Waals surface area contributed by atoms with E-state index >= 15 is 0 Å². The quantitative estimate of drug-likeness (QED) is 0.412. The van der Waals surface area contributed by atoms with Crippen LogP contribution in [0.4, 0.5) is 4.39 Å². The molecule has 2 aromatic heterocycles. The first-order valence-corrected chi connectivity index (χ1v) is 9.90. The third-order valence-corrected chi connectivity index (χ3v) is 5.48. The van der Waals surface area contributed by atoms with Crippen molar-refractivity contribution in [3.8, 4) is 22.8 Å². The number of aromatic amines is 1. The fourth-order valence-electron chi connectivity index (χ4n) is 4.08. The number of H-pyrrole nitrogens is 1. The third-order valence-electron chi connectivity index (χ3n) is 5.48. The molecule has 0 atom stereocenters. The van der Waals surface area contributed by atoms with E-state index in [0.717, 1.165) is 38.5 Å². The van der Waals surface area contributed by atoms with Crippen molar-refractivity contribution in [2.75, 3.05) is 14.2 Å². The maximum atomic E-state index is 13.6. The molecule has 1 N–H and O–H groups in total. The molecule has 0 unspecified atom stereocenters. The van der Waals surface area contributed by atoms with Gasteiger partial charge in [-0.3, -0.25) is 5.10 Å². The van der Waals surface area contributed by atoms with Crippen molar-refractivity contribution < 1.29 is 13.9 Å². The van der Waals surface area contributed by atoms with Gasteiger partial charge in [-0.15, -0.1) is 0 Å². The van der Waals surface area contributed by atoms with E-state index in [2.05, 4.69) is 22.3 Å². The van der Waals surface area contributed by atoms with Gasteiger partial charge >= 0.3 is 0 Å². The summed E-state index contributed by atoms with van der Waals surface area (Å²) in [7, 11) is 3.27. The lowest BCUT2D eigenvalue weighted by molar-refractivity contribution is 0.353. The van der Waals surface area contributed by atoms with E-state index in [1.807, 2.05) is 24.3 Å². The monoisotopic (exact) mass is 413 g/mol. The van der Waals surface area contributed by atoms with Crippen molar-refractivity contribution in [2.24, 2.45) is 0 Å². The fraction of sp³-hybridized carbons (Fsp3) is 0.120.